The Morgan fingerprint density at radius 2 is 2.12 bits per heavy atom. The van der Waals surface area contributed by atoms with Gasteiger partial charge in [0.25, 0.3) is 0 Å². The second kappa shape index (κ2) is 6.19. The fourth-order valence-electron chi connectivity index (χ4n) is 1.05. The predicted octanol–water partition coefficient (Wildman–Crippen LogP) is 2.77. The Morgan fingerprint density at radius 1 is 1.38 bits per heavy atom. The van der Waals surface area contributed by atoms with Crippen LogP contribution in [0.25, 0.3) is 10.4 Å². The molecule has 1 aromatic rings. The molecular formula is C9H9F2N3OS. The van der Waals surface area contributed by atoms with Gasteiger partial charge in [0.2, 0.25) is 0 Å². The van der Waals surface area contributed by atoms with Gasteiger partial charge in [-0.2, -0.15) is 0 Å². The summed E-state index contributed by atoms with van der Waals surface area (Å²) >= 11 is 0. The van der Waals surface area contributed by atoms with E-state index < -0.39 is 22.4 Å². The highest BCUT2D eigenvalue weighted by Crippen LogP contribution is 2.12. The van der Waals surface area contributed by atoms with Crippen molar-refractivity contribution in [3.05, 3.63) is 40.3 Å². The molecule has 1 unspecified atom stereocenters. The van der Waals surface area contributed by atoms with Crippen LogP contribution in [0.15, 0.2) is 28.2 Å². The first kappa shape index (κ1) is 12.6. The van der Waals surface area contributed by atoms with Gasteiger partial charge >= 0.3 is 0 Å². The Balaban J connectivity index is 2.59. The summed E-state index contributed by atoms with van der Waals surface area (Å²) in [6.07, 6.45) is 0.440. The second-order valence-electron chi connectivity index (χ2n) is 2.93. The minimum Gasteiger partial charge on any atom is -0.254 e. The third kappa shape index (κ3) is 3.60. The van der Waals surface area contributed by atoms with Gasteiger partial charge in [-0.05, 0) is 30.2 Å². The van der Waals surface area contributed by atoms with Crippen LogP contribution in [0.5, 0.6) is 0 Å². The second-order valence-corrected chi connectivity index (χ2v) is 4.50. The summed E-state index contributed by atoms with van der Waals surface area (Å²) in [7, 11) is -1.40. The van der Waals surface area contributed by atoms with Crippen LogP contribution in [0.2, 0.25) is 0 Å². The van der Waals surface area contributed by atoms with Gasteiger partial charge in [-0.1, -0.05) is 5.11 Å². The van der Waals surface area contributed by atoms with Crippen LogP contribution in [-0.2, 0) is 10.8 Å². The summed E-state index contributed by atoms with van der Waals surface area (Å²) in [4.78, 5) is 2.78. The molecule has 0 spiro atoms. The van der Waals surface area contributed by atoms with E-state index in [-0.39, 0.29) is 17.2 Å². The molecule has 1 aromatic carbocycles. The molecule has 16 heavy (non-hydrogen) atoms. The van der Waals surface area contributed by atoms with Gasteiger partial charge in [0.15, 0.2) is 11.6 Å². The summed E-state index contributed by atoms with van der Waals surface area (Å²) in [5.74, 6) is -1.72. The summed E-state index contributed by atoms with van der Waals surface area (Å²) in [5.41, 5.74) is 8.01. The summed E-state index contributed by atoms with van der Waals surface area (Å²) in [6.45, 7) is 0.242. The lowest BCUT2D eigenvalue weighted by molar-refractivity contribution is 0.505. The van der Waals surface area contributed by atoms with E-state index in [1.165, 1.54) is 6.07 Å². The van der Waals surface area contributed by atoms with Crippen LogP contribution in [-0.4, -0.2) is 16.5 Å². The van der Waals surface area contributed by atoms with Gasteiger partial charge in [0.05, 0.1) is 10.8 Å². The minimum absolute atomic E-state index is 0.236. The van der Waals surface area contributed by atoms with E-state index in [0.717, 1.165) is 12.1 Å². The third-order valence-corrected chi connectivity index (χ3v) is 3.24. The molecule has 0 saturated carbocycles. The van der Waals surface area contributed by atoms with Gasteiger partial charge in [-0.25, -0.2) is 8.78 Å². The van der Waals surface area contributed by atoms with Crippen molar-refractivity contribution in [2.75, 3.05) is 12.3 Å². The number of hydrogen-bond acceptors (Lipinski definition) is 2. The standard InChI is InChI=1S/C9H9F2N3OS/c10-8-3-2-7(6-9(8)11)16(15)5-1-4-13-14-12/h2-3,6H,1,4-5H2. The lowest BCUT2D eigenvalue weighted by Gasteiger charge is -2.01. The van der Waals surface area contributed by atoms with Crippen molar-refractivity contribution in [1.82, 2.24) is 0 Å². The molecule has 86 valence electrons. The van der Waals surface area contributed by atoms with Gasteiger partial charge in [0.1, 0.15) is 0 Å². The number of halogens is 2. The topological polar surface area (TPSA) is 65.8 Å². The summed E-state index contributed by atoms with van der Waals surface area (Å²) < 4.78 is 37.0. The zero-order valence-corrected chi connectivity index (χ0v) is 9.08. The predicted molar refractivity (Wildman–Crippen MR) is 56.3 cm³/mol. The zero-order valence-electron chi connectivity index (χ0n) is 8.27. The Kier molecular flexibility index (Phi) is 4.88. The van der Waals surface area contributed by atoms with Crippen LogP contribution >= 0.6 is 0 Å². The Labute approximate surface area is 93.4 Å². The van der Waals surface area contributed by atoms with E-state index in [1.54, 1.807) is 0 Å². The average Bonchev–Trinajstić information content (AvgIpc) is 2.28. The smallest absolute Gasteiger partial charge is 0.160 e. The largest absolute Gasteiger partial charge is 0.254 e. The fourth-order valence-corrected chi connectivity index (χ4v) is 2.13. The summed E-state index contributed by atoms with van der Waals surface area (Å²) in [5, 5.41) is 3.28. The highest BCUT2D eigenvalue weighted by atomic mass is 32.2. The fraction of sp³-hybridized carbons (Fsp3) is 0.333. The molecule has 0 amide bonds. The number of rotatable bonds is 5. The van der Waals surface area contributed by atoms with Crippen LogP contribution in [0.3, 0.4) is 0 Å². The molecule has 4 nitrogen and oxygen atoms in total. The van der Waals surface area contributed by atoms with Crippen LogP contribution in [0, 0.1) is 11.6 Å². The van der Waals surface area contributed by atoms with Crippen molar-refractivity contribution in [3.8, 4) is 0 Å². The highest BCUT2D eigenvalue weighted by molar-refractivity contribution is 7.85. The van der Waals surface area contributed by atoms with Gasteiger partial charge in [-0.3, -0.25) is 4.21 Å². The molecule has 0 aliphatic heterocycles. The van der Waals surface area contributed by atoms with Gasteiger partial charge < -0.3 is 0 Å². The molecule has 0 bridgehead atoms. The Bertz CT molecular complexity index is 446. The van der Waals surface area contributed by atoms with E-state index in [1.807, 2.05) is 0 Å². The minimum atomic E-state index is -1.40. The number of azide groups is 1. The molecule has 1 atom stereocenters. The monoisotopic (exact) mass is 245 g/mol. The van der Waals surface area contributed by atoms with Gasteiger partial charge in [0, 0.05) is 22.1 Å². The Morgan fingerprint density at radius 3 is 2.75 bits per heavy atom. The third-order valence-electron chi connectivity index (χ3n) is 1.81. The Hall–Kier alpha value is -1.46. The molecule has 0 fully saturated rings. The molecule has 0 aromatic heterocycles. The highest BCUT2D eigenvalue weighted by Gasteiger charge is 2.07. The maximum atomic E-state index is 12.8. The van der Waals surface area contributed by atoms with Crippen molar-refractivity contribution in [3.63, 3.8) is 0 Å². The van der Waals surface area contributed by atoms with Crippen molar-refractivity contribution >= 4 is 10.8 Å². The van der Waals surface area contributed by atoms with E-state index in [2.05, 4.69) is 10.0 Å². The van der Waals surface area contributed by atoms with E-state index in [9.17, 15) is 13.0 Å². The molecule has 7 heteroatoms. The molecule has 1 rings (SSSR count). The van der Waals surface area contributed by atoms with Crippen LogP contribution in [0.1, 0.15) is 6.42 Å². The molecule has 0 N–H and O–H groups in total. The van der Waals surface area contributed by atoms with E-state index in [0.29, 0.717) is 6.42 Å². The van der Waals surface area contributed by atoms with E-state index in [4.69, 9.17) is 5.53 Å². The van der Waals surface area contributed by atoms with Crippen LogP contribution in [0.4, 0.5) is 8.78 Å². The normalized spacial score (nSPS) is 11.9. The average molecular weight is 245 g/mol. The number of benzene rings is 1. The first-order valence-electron chi connectivity index (χ1n) is 4.49. The SMILES string of the molecule is [N-]=[N+]=NCCCS(=O)c1ccc(F)c(F)c1. The molecule has 0 saturated heterocycles. The quantitative estimate of drug-likeness (QED) is 0.340. The first-order valence-corrected chi connectivity index (χ1v) is 5.81. The lowest BCUT2D eigenvalue weighted by atomic mass is 10.3. The van der Waals surface area contributed by atoms with Crippen molar-refractivity contribution in [2.45, 2.75) is 11.3 Å². The molecule has 0 radical (unpaired) electrons. The maximum Gasteiger partial charge on any atom is 0.160 e. The lowest BCUT2D eigenvalue weighted by Crippen LogP contribution is -2.00. The number of hydrogen-bond donors (Lipinski definition) is 0. The van der Waals surface area contributed by atoms with Gasteiger partial charge in [-0.15, -0.1) is 0 Å². The summed E-state index contributed by atoms with van der Waals surface area (Å²) in [6, 6.07) is 3.14. The van der Waals surface area contributed by atoms with Crippen molar-refractivity contribution in [2.24, 2.45) is 5.11 Å². The number of nitrogens with zero attached hydrogens (tertiary/aromatic N) is 3. The molecule has 0 heterocycles. The first-order chi connectivity index (χ1) is 7.65. The maximum absolute atomic E-state index is 12.8. The van der Waals surface area contributed by atoms with Crippen molar-refractivity contribution in [1.29, 1.82) is 0 Å². The molecule has 0 aliphatic rings. The molecular weight excluding hydrogens is 236 g/mol. The molecule has 0 aliphatic carbocycles. The van der Waals surface area contributed by atoms with Crippen LogP contribution < -0.4 is 0 Å². The van der Waals surface area contributed by atoms with E-state index >= 15 is 0 Å². The zero-order chi connectivity index (χ0) is 12.0. The van der Waals surface area contributed by atoms with Crippen molar-refractivity contribution < 1.29 is 13.0 Å².